The van der Waals surface area contributed by atoms with E-state index in [1.165, 1.54) is 18.4 Å². The van der Waals surface area contributed by atoms with Crippen molar-refractivity contribution in [3.8, 4) is 6.07 Å². The van der Waals surface area contributed by atoms with Gasteiger partial charge in [0.15, 0.2) is 10.8 Å². The van der Waals surface area contributed by atoms with Crippen LogP contribution in [0.25, 0.3) is 0 Å². The number of carbonyl (C=O) groups is 1. The summed E-state index contributed by atoms with van der Waals surface area (Å²) in [5, 5.41) is 14.0. The maximum absolute atomic E-state index is 11.2. The Labute approximate surface area is 108 Å². The van der Waals surface area contributed by atoms with E-state index in [4.69, 9.17) is 5.26 Å². The number of nitrogens with zero attached hydrogens (tertiary/aromatic N) is 2. The van der Waals surface area contributed by atoms with Gasteiger partial charge in [-0.15, -0.1) is 11.3 Å². The van der Waals surface area contributed by atoms with E-state index in [2.05, 4.69) is 21.1 Å². The van der Waals surface area contributed by atoms with Gasteiger partial charge in [-0.05, 0) is 18.2 Å². The molecular weight excluding hydrogens is 250 g/mol. The number of thiazole rings is 1. The van der Waals surface area contributed by atoms with Crippen LogP contribution in [0.5, 0.6) is 0 Å². The number of hydrogen-bond donors (Lipinski definition) is 1. The van der Waals surface area contributed by atoms with Gasteiger partial charge < -0.3 is 10.1 Å². The van der Waals surface area contributed by atoms with Crippen LogP contribution in [0, 0.1) is 11.3 Å². The van der Waals surface area contributed by atoms with Crippen LogP contribution in [-0.2, 0) is 4.74 Å². The number of methoxy groups -OCH3 is 1. The first-order valence-electron chi connectivity index (χ1n) is 5.04. The molecule has 90 valence electrons. The maximum atomic E-state index is 11.2. The van der Waals surface area contributed by atoms with Crippen molar-refractivity contribution in [1.82, 2.24) is 4.98 Å². The second kappa shape index (κ2) is 5.29. The average molecular weight is 259 g/mol. The zero-order chi connectivity index (χ0) is 13.0. The number of esters is 1. The van der Waals surface area contributed by atoms with E-state index in [9.17, 15) is 4.79 Å². The molecule has 0 atom stereocenters. The summed E-state index contributed by atoms with van der Waals surface area (Å²) in [7, 11) is 1.31. The number of hydrogen-bond acceptors (Lipinski definition) is 6. The molecule has 0 saturated heterocycles. The summed E-state index contributed by atoms with van der Waals surface area (Å²) in [6.45, 7) is 0. The van der Waals surface area contributed by atoms with Crippen LogP contribution < -0.4 is 5.32 Å². The number of nitriles is 1. The van der Waals surface area contributed by atoms with Crippen LogP contribution in [0.4, 0.5) is 10.8 Å². The Morgan fingerprint density at radius 2 is 2.39 bits per heavy atom. The Morgan fingerprint density at radius 3 is 3.11 bits per heavy atom. The highest BCUT2D eigenvalue weighted by Crippen LogP contribution is 2.21. The molecule has 0 spiro atoms. The van der Waals surface area contributed by atoms with Gasteiger partial charge in [0.05, 0.1) is 18.7 Å². The number of rotatable bonds is 3. The molecular formula is C12H9N3O2S. The van der Waals surface area contributed by atoms with Crippen LogP contribution in [0.3, 0.4) is 0 Å². The van der Waals surface area contributed by atoms with Gasteiger partial charge in [-0.1, -0.05) is 6.07 Å². The standard InChI is InChI=1S/C12H9N3O2S/c1-17-11(16)10-7-18-12(15-10)14-9-4-2-3-8(5-9)6-13/h2-5,7H,1H3,(H,14,15). The first kappa shape index (κ1) is 12.1. The van der Waals surface area contributed by atoms with Gasteiger partial charge in [-0.3, -0.25) is 0 Å². The predicted octanol–water partition coefficient (Wildman–Crippen LogP) is 2.54. The Bertz CT molecular complexity index is 616. The molecule has 0 aliphatic heterocycles. The van der Waals surface area contributed by atoms with Crippen molar-refractivity contribution in [1.29, 1.82) is 5.26 Å². The quantitative estimate of drug-likeness (QED) is 0.857. The lowest BCUT2D eigenvalue weighted by Gasteiger charge is -2.01. The smallest absolute Gasteiger partial charge is 0.357 e. The third-order valence-electron chi connectivity index (χ3n) is 2.14. The molecule has 0 aliphatic carbocycles. The van der Waals surface area contributed by atoms with Crippen LogP contribution in [0.1, 0.15) is 16.1 Å². The van der Waals surface area contributed by atoms with Crippen LogP contribution in [0.15, 0.2) is 29.6 Å². The van der Waals surface area contributed by atoms with Crippen molar-refractivity contribution in [2.24, 2.45) is 0 Å². The molecule has 0 unspecified atom stereocenters. The van der Waals surface area contributed by atoms with E-state index in [1.807, 2.05) is 6.07 Å². The molecule has 1 aromatic heterocycles. The number of anilines is 2. The first-order chi connectivity index (χ1) is 8.72. The lowest BCUT2D eigenvalue weighted by atomic mass is 10.2. The van der Waals surface area contributed by atoms with Crippen molar-refractivity contribution in [2.45, 2.75) is 0 Å². The largest absolute Gasteiger partial charge is 0.464 e. The molecule has 0 amide bonds. The number of benzene rings is 1. The van der Waals surface area contributed by atoms with Crippen LogP contribution >= 0.6 is 11.3 Å². The number of nitrogens with one attached hydrogen (secondary N) is 1. The highest BCUT2D eigenvalue weighted by Gasteiger charge is 2.10. The van der Waals surface area contributed by atoms with Crippen molar-refractivity contribution >= 4 is 28.1 Å². The lowest BCUT2D eigenvalue weighted by molar-refractivity contribution is 0.0595. The van der Waals surface area contributed by atoms with Crippen molar-refractivity contribution < 1.29 is 9.53 Å². The molecule has 0 radical (unpaired) electrons. The molecule has 1 N–H and O–H groups in total. The van der Waals surface area contributed by atoms with Gasteiger partial charge in [-0.2, -0.15) is 5.26 Å². The fraction of sp³-hybridized carbons (Fsp3) is 0.0833. The Morgan fingerprint density at radius 1 is 1.56 bits per heavy atom. The minimum absolute atomic E-state index is 0.265. The summed E-state index contributed by atoms with van der Waals surface area (Å²) < 4.78 is 4.57. The molecule has 2 aromatic rings. The van der Waals surface area contributed by atoms with Crippen LogP contribution in [0.2, 0.25) is 0 Å². The molecule has 0 aliphatic rings. The fourth-order valence-corrected chi connectivity index (χ4v) is 2.02. The number of ether oxygens (including phenoxy) is 1. The molecule has 6 heteroatoms. The van der Waals surface area contributed by atoms with Gasteiger partial charge in [0, 0.05) is 11.1 Å². The fourth-order valence-electron chi connectivity index (χ4n) is 1.32. The first-order valence-corrected chi connectivity index (χ1v) is 5.92. The third-order valence-corrected chi connectivity index (χ3v) is 2.90. The summed E-state index contributed by atoms with van der Waals surface area (Å²) in [4.78, 5) is 15.3. The van der Waals surface area contributed by atoms with E-state index in [1.54, 1.807) is 23.6 Å². The van der Waals surface area contributed by atoms with Gasteiger partial charge in [0.1, 0.15) is 0 Å². The summed E-state index contributed by atoms with van der Waals surface area (Å²) in [6.07, 6.45) is 0. The Balaban J connectivity index is 2.16. The molecule has 18 heavy (non-hydrogen) atoms. The topological polar surface area (TPSA) is 75.0 Å². The highest BCUT2D eigenvalue weighted by molar-refractivity contribution is 7.14. The summed E-state index contributed by atoms with van der Waals surface area (Å²) in [5.41, 5.74) is 1.58. The maximum Gasteiger partial charge on any atom is 0.357 e. The van der Waals surface area contributed by atoms with E-state index >= 15 is 0 Å². The van der Waals surface area contributed by atoms with Crippen molar-refractivity contribution in [3.05, 3.63) is 40.9 Å². The van der Waals surface area contributed by atoms with Gasteiger partial charge in [0.25, 0.3) is 0 Å². The normalized spacial score (nSPS) is 9.56. The molecule has 1 aromatic carbocycles. The highest BCUT2D eigenvalue weighted by atomic mass is 32.1. The zero-order valence-corrected chi connectivity index (χ0v) is 10.3. The molecule has 2 rings (SSSR count). The van der Waals surface area contributed by atoms with Crippen molar-refractivity contribution in [3.63, 3.8) is 0 Å². The zero-order valence-electron chi connectivity index (χ0n) is 9.51. The minimum atomic E-state index is -0.468. The van der Waals surface area contributed by atoms with E-state index in [0.717, 1.165) is 5.69 Å². The second-order valence-electron chi connectivity index (χ2n) is 3.35. The summed E-state index contributed by atoms with van der Waals surface area (Å²) >= 11 is 1.30. The molecule has 1 heterocycles. The molecule has 0 fully saturated rings. The van der Waals surface area contributed by atoms with Crippen LogP contribution in [-0.4, -0.2) is 18.1 Å². The SMILES string of the molecule is COC(=O)c1csc(Nc2cccc(C#N)c2)n1. The number of aromatic nitrogens is 1. The van der Waals surface area contributed by atoms with Gasteiger partial charge in [0.2, 0.25) is 0 Å². The molecule has 0 bridgehead atoms. The second-order valence-corrected chi connectivity index (χ2v) is 4.21. The third kappa shape index (κ3) is 2.64. The number of carbonyl (C=O) groups excluding carboxylic acids is 1. The van der Waals surface area contributed by atoms with Crippen molar-refractivity contribution in [2.75, 3.05) is 12.4 Å². The lowest BCUT2D eigenvalue weighted by Crippen LogP contribution is -2.01. The van der Waals surface area contributed by atoms with Gasteiger partial charge in [-0.25, -0.2) is 9.78 Å². The summed E-state index contributed by atoms with van der Waals surface area (Å²) in [6, 6.07) is 9.07. The van der Waals surface area contributed by atoms with E-state index < -0.39 is 5.97 Å². The van der Waals surface area contributed by atoms with E-state index in [0.29, 0.717) is 10.7 Å². The minimum Gasteiger partial charge on any atom is -0.464 e. The molecule has 5 nitrogen and oxygen atoms in total. The Kier molecular flexibility index (Phi) is 3.55. The predicted molar refractivity (Wildman–Crippen MR) is 67.9 cm³/mol. The molecule has 0 saturated carbocycles. The average Bonchev–Trinajstić information content (AvgIpc) is 2.86. The van der Waals surface area contributed by atoms with Gasteiger partial charge >= 0.3 is 5.97 Å². The summed E-state index contributed by atoms with van der Waals surface area (Å²) in [5.74, 6) is -0.468. The van der Waals surface area contributed by atoms with E-state index in [-0.39, 0.29) is 5.69 Å². The Hall–Kier alpha value is -2.39. The monoisotopic (exact) mass is 259 g/mol.